The monoisotopic (exact) mass is 226 g/mol. The van der Waals surface area contributed by atoms with Gasteiger partial charge in [0, 0.05) is 12.8 Å². The molecule has 1 rings (SSSR count). The third kappa shape index (κ3) is 4.24. The van der Waals surface area contributed by atoms with Crippen LogP contribution in [0.4, 0.5) is 4.39 Å². The largest absolute Gasteiger partial charge is 0.380 e. The molecular weight excluding hydrogens is 207 g/mol. The first-order valence-corrected chi connectivity index (χ1v) is 5.69. The fraction of sp³-hybridized carbons (Fsp3) is 0.583. The van der Waals surface area contributed by atoms with Crippen molar-refractivity contribution in [2.24, 2.45) is 0 Å². The van der Waals surface area contributed by atoms with Gasteiger partial charge in [0.05, 0.1) is 18.8 Å². The summed E-state index contributed by atoms with van der Waals surface area (Å²) in [5.74, 6) is -0.308. The molecule has 0 spiro atoms. The molecule has 0 bridgehead atoms. The van der Waals surface area contributed by atoms with Gasteiger partial charge >= 0.3 is 0 Å². The Balaban J connectivity index is 2.66. The van der Waals surface area contributed by atoms with E-state index in [9.17, 15) is 4.39 Å². The Bertz CT molecular complexity index is 299. The number of rotatable bonds is 7. The van der Waals surface area contributed by atoms with Gasteiger partial charge in [-0.25, -0.2) is 4.39 Å². The topological polar surface area (TPSA) is 34.1 Å². The van der Waals surface area contributed by atoms with Crippen LogP contribution >= 0.6 is 0 Å². The van der Waals surface area contributed by atoms with Gasteiger partial charge in [-0.1, -0.05) is 6.92 Å². The molecule has 0 saturated heterocycles. The van der Waals surface area contributed by atoms with Gasteiger partial charge in [-0.15, -0.1) is 0 Å². The molecule has 0 fully saturated rings. The fourth-order valence-corrected chi connectivity index (χ4v) is 1.45. The molecule has 1 unspecified atom stereocenters. The summed E-state index contributed by atoms with van der Waals surface area (Å²) in [6.45, 7) is 6.12. The van der Waals surface area contributed by atoms with Crippen LogP contribution in [-0.2, 0) is 4.74 Å². The van der Waals surface area contributed by atoms with Crippen LogP contribution in [0.5, 0.6) is 0 Å². The van der Waals surface area contributed by atoms with Gasteiger partial charge in [0.25, 0.3) is 0 Å². The van der Waals surface area contributed by atoms with Gasteiger partial charge in [0.1, 0.15) is 5.82 Å². The van der Waals surface area contributed by atoms with Gasteiger partial charge in [0.2, 0.25) is 0 Å². The molecule has 0 aliphatic carbocycles. The zero-order valence-electron chi connectivity index (χ0n) is 9.87. The van der Waals surface area contributed by atoms with E-state index < -0.39 is 0 Å². The highest BCUT2D eigenvalue weighted by Crippen LogP contribution is 2.13. The van der Waals surface area contributed by atoms with E-state index in [-0.39, 0.29) is 11.9 Å². The van der Waals surface area contributed by atoms with Crippen LogP contribution in [0.1, 0.15) is 31.9 Å². The van der Waals surface area contributed by atoms with Crippen molar-refractivity contribution in [2.45, 2.75) is 26.3 Å². The van der Waals surface area contributed by atoms with Crippen LogP contribution < -0.4 is 5.32 Å². The van der Waals surface area contributed by atoms with E-state index >= 15 is 0 Å². The summed E-state index contributed by atoms with van der Waals surface area (Å²) in [7, 11) is 0. The van der Waals surface area contributed by atoms with Crippen molar-refractivity contribution < 1.29 is 9.13 Å². The first kappa shape index (κ1) is 13.1. The Morgan fingerprint density at radius 3 is 2.88 bits per heavy atom. The number of pyridine rings is 1. The van der Waals surface area contributed by atoms with Crippen LogP contribution in [0.25, 0.3) is 0 Å². The summed E-state index contributed by atoms with van der Waals surface area (Å²) in [6, 6.07) is 1.52. The van der Waals surface area contributed by atoms with Crippen LogP contribution in [-0.4, -0.2) is 24.7 Å². The van der Waals surface area contributed by atoms with Gasteiger partial charge < -0.3 is 10.1 Å². The number of nitrogens with zero attached hydrogens (tertiary/aromatic N) is 1. The van der Waals surface area contributed by atoms with E-state index in [1.807, 2.05) is 6.92 Å². The van der Waals surface area contributed by atoms with Crippen molar-refractivity contribution in [2.75, 3.05) is 19.8 Å². The average molecular weight is 226 g/mol. The highest BCUT2D eigenvalue weighted by Gasteiger charge is 2.11. The van der Waals surface area contributed by atoms with E-state index in [0.29, 0.717) is 13.2 Å². The van der Waals surface area contributed by atoms with E-state index in [4.69, 9.17) is 4.74 Å². The van der Waals surface area contributed by atoms with Crippen molar-refractivity contribution in [3.8, 4) is 0 Å². The summed E-state index contributed by atoms with van der Waals surface area (Å²) in [6.07, 6.45) is 3.92. The Morgan fingerprint density at radius 1 is 1.44 bits per heavy atom. The second-order valence-electron chi connectivity index (χ2n) is 3.60. The molecule has 0 amide bonds. The second kappa shape index (κ2) is 7.30. The normalized spacial score (nSPS) is 12.7. The molecule has 16 heavy (non-hydrogen) atoms. The van der Waals surface area contributed by atoms with Crippen LogP contribution in [0.15, 0.2) is 18.5 Å². The standard InChI is InChI=1S/C12H19FN2O/c1-3-5-15-12(9-16-4-2)10-6-11(13)8-14-7-10/h6-8,12,15H,3-5,9H2,1-2H3. The third-order valence-corrected chi connectivity index (χ3v) is 2.26. The lowest BCUT2D eigenvalue weighted by Gasteiger charge is -2.18. The second-order valence-corrected chi connectivity index (χ2v) is 3.60. The molecule has 1 atom stereocenters. The number of aromatic nitrogens is 1. The maximum Gasteiger partial charge on any atom is 0.141 e. The van der Waals surface area contributed by atoms with Gasteiger partial charge in [0.15, 0.2) is 0 Å². The lowest BCUT2D eigenvalue weighted by molar-refractivity contribution is 0.123. The highest BCUT2D eigenvalue weighted by molar-refractivity contribution is 5.15. The van der Waals surface area contributed by atoms with E-state index in [2.05, 4.69) is 17.2 Å². The fourth-order valence-electron chi connectivity index (χ4n) is 1.45. The number of hydrogen-bond acceptors (Lipinski definition) is 3. The van der Waals surface area contributed by atoms with Gasteiger partial charge in [-0.3, -0.25) is 4.98 Å². The maximum atomic E-state index is 13.0. The van der Waals surface area contributed by atoms with E-state index in [0.717, 1.165) is 18.5 Å². The third-order valence-electron chi connectivity index (χ3n) is 2.26. The average Bonchev–Trinajstić information content (AvgIpc) is 2.29. The predicted octanol–water partition coefficient (Wildman–Crippen LogP) is 2.30. The lowest BCUT2D eigenvalue weighted by atomic mass is 10.1. The van der Waals surface area contributed by atoms with Crippen LogP contribution in [0.2, 0.25) is 0 Å². The Labute approximate surface area is 96.0 Å². The number of halogens is 1. The SMILES string of the molecule is CCCNC(COCC)c1cncc(F)c1. The van der Waals surface area contributed by atoms with Crippen molar-refractivity contribution in [3.63, 3.8) is 0 Å². The summed E-state index contributed by atoms with van der Waals surface area (Å²) in [5, 5.41) is 3.32. The molecule has 1 aromatic rings. The molecule has 4 heteroatoms. The molecule has 0 aromatic carbocycles. The van der Waals surface area contributed by atoms with Crippen molar-refractivity contribution in [3.05, 3.63) is 29.8 Å². The summed E-state index contributed by atoms with van der Waals surface area (Å²) < 4.78 is 18.4. The van der Waals surface area contributed by atoms with Crippen molar-refractivity contribution >= 4 is 0 Å². The minimum atomic E-state index is -0.308. The zero-order valence-corrected chi connectivity index (χ0v) is 9.87. The number of ether oxygens (including phenoxy) is 1. The number of nitrogens with one attached hydrogen (secondary N) is 1. The van der Waals surface area contributed by atoms with Crippen molar-refractivity contribution in [1.29, 1.82) is 0 Å². The maximum absolute atomic E-state index is 13.0. The van der Waals surface area contributed by atoms with Gasteiger partial charge in [-0.2, -0.15) is 0 Å². The molecule has 1 N–H and O–H groups in total. The Hall–Kier alpha value is -1.00. The summed E-state index contributed by atoms with van der Waals surface area (Å²) >= 11 is 0. The molecule has 0 aliphatic rings. The zero-order chi connectivity index (χ0) is 11.8. The molecule has 3 nitrogen and oxygen atoms in total. The molecular formula is C12H19FN2O. The van der Waals surface area contributed by atoms with Crippen LogP contribution in [0, 0.1) is 5.82 Å². The Morgan fingerprint density at radius 2 is 2.25 bits per heavy atom. The van der Waals surface area contributed by atoms with Crippen LogP contribution in [0.3, 0.4) is 0 Å². The molecule has 0 aliphatic heterocycles. The quantitative estimate of drug-likeness (QED) is 0.774. The van der Waals surface area contributed by atoms with E-state index in [1.54, 1.807) is 6.20 Å². The molecule has 90 valence electrons. The Kier molecular flexibility index (Phi) is 5.96. The molecule has 1 heterocycles. The number of hydrogen-bond donors (Lipinski definition) is 1. The first-order valence-electron chi connectivity index (χ1n) is 5.69. The highest BCUT2D eigenvalue weighted by atomic mass is 19.1. The summed E-state index contributed by atoms with van der Waals surface area (Å²) in [5.41, 5.74) is 0.835. The predicted molar refractivity (Wildman–Crippen MR) is 61.7 cm³/mol. The molecule has 0 radical (unpaired) electrons. The first-order chi connectivity index (χ1) is 7.77. The summed E-state index contributed by atoms with van der Waals surface area (Å²) in [4.78, 5) is 3.85. The smallest absolute Gasteiger partial charge is 0.141 e. The van der Waals surface area contributed by atoms with E-state index in [1.165, 1.54) is 12.3 Å². The lowest BCUT2D eigenvalue weighted by Crippen LogP contribution is -2.26. The van der Waals surface area contributed by atoms with Crippen molar-refractivity contribution in [1.82, 2.24) is 10.3 Å². The van der Waals surface area contributed by atoms with Gasteiger partial charge in [-0.05, 0) is 31.5 Å². The molecule has 0 saturated carbocycles. The molecule has 1 aromatic heterocycles. The minimum Gasteiger partial charge on any atom is -0.380 e. The minimum absolute atomic E-state index is 0.0168.